The Hall–Kier alpha value is -1.87. The minimum absolute atomic E-state index is 0.0460. The molecule has 0 unspecified atom stereocenters. The average molecular weight is 278 g/mol. The summed E-state index contributed by atoms with van der Waals surface area (Å²) >= 11 is 5.77. The fraction of sp³-hybridized carbons (Fsp3) is 0.133. The number of rotatable bonds is 3. The van der Waals surface area contributed by atoms with Gasteiger partial charge in [0.15, 0.2) is 0 Å². The quantitative estimate of drug-likeness (QED) is 0.904. The van der Waals surface area contributed by atoms with Gasteiger partial charge < -0.3 is 5.32 Å². The van der Waals surface area contributed by atoms with Gasteiger partial charge in [0.05, 0.1) is 11.6 Å². The highest BCUT2D eigenvalue weighted by atomic mass is 35.5. The summed E-state index contributed by atoms with van der Waals surface area (Å²) in [7, 11) is 0. The van der Waals surface area contributed by atoms with Gasteiger partial charge in [0.25, 0.3) is 5.91 Å². The van der Waals surface area contributed by atoms with Crippen LogP contribution in [0.4, 0.5) is 4.39 Å². The summed E-state index contributed by atoms with van der Waals surface area (Å²) in [6.07, 6.45) is 0. The zero-order chi connectivity index (χ0) is 13.8. The van der Waals surface area contributed by atoms with Crippen LogP contribution in [0.3, 0.4) is 0 Å². The zero-order valence-electron chi connectivity index (χ0n) is 10.4. The van der Waals surface area contributed by atoms with Gasteiger partial charge in [-0.25, -0.2) is 4.39 Å². The lowest BCUT2D eigenvalue weighted by Crippen LogP contribution is -2.27. The first-order valence-corrected chi connectivity index (χ1v) is 6.26. The third-order valence-corrected chi connectivity index (χ3v) is 3.06. The van der Waals surface area contributed by atoms with Gasteiger partial charge in [0.2, 0.25) is 0 Å². The third-order valence-electron chi connectivity index (χ3n) is 2.82. The number of amides is 1. The maximum Gasteiger partial charge on any atom is 0.254 e. The molecule has 0 saturated heterocycles. The van der Waals surface area contributed by atoms with Gasteiger partial charge >= 0.3 is 0 Å². The van der Waals surface area contributed by atoms with E-state index >= 15 is 0 Å². The molecule has 0 spiro atoms. The van der Waals surface area contributed by atoms with Crippen LogP contribution in [-0.2, 0) is 0 Å². The molecule has 1 N–H and O–H groups in total. The van der Waals surface area contributed by atoms with Gasteiger partial charge in [-0.3, -0.25) is 4.79 Å². The van der Waals surface area contributed by atoms with Crippen LogP contribution in [0.25, 0.3) is 0 Å². The molecule has 0 fully saturated rings. The van der Waals surface area contributed by atoms with E-state index in [-0.39, 0.29) is 11.6 Å². The second kappa shape index (κ2) is 5.85. The molecule has 0 aromatic heterocycles. The molecule has 2 rings (SSSR count). The highest BCUT2D eigenvalue weighted by molar-refractivity contribution is 6.31. The van der Waals surface area contributed by atoms with E-state index in [1.54, 1.807) is 0 Å². The van der Waals surface area contributed by atoms with Gasteiger partial charge in [0.1, 0.15) is 5.82 Å². The fourth-order valence-electron chi connectivity index (χ4n) is 1.77. The number of benzene rings is 2. The Morgan fingerprint density at radius 3 is 2.58 bits per heavy atom. The largest absolute Gasteiger partial charge is 0.345 e. The van der Waals surface area contributed by atoms with E-state index in [4.69, 9.17) is 11.6 Å². The molecular formula is C15H13ClFNO. The molecule has 0 aliphatic heterocycles. The Labute approximate surface area is 116 Å². The lowest BCUT2D eigenvalue weighted by Gasteiger charge is -2.14. The Morgan fingerprint density at radius 2 is 1.89 bits per heavy atom. The van der Waals surface area contributed by atoms with Crippen LogP contribution in [0.5, 0.6) is 0 Å². The van der Waals surface area contributed by atoms with Crippen molar-refractivity contribution in [2.45, 2.75) is 13.0 Å². The molecule has 0 heterocycles. The van der Waals surface area contributed by atoms with Gasteiger partial charge in [0, 0.05) is 5.02 Å². The molecule has 98 valence electrons. The minimum Gasteiger partial charge on any atom is -0.345 e. The Morgan fingerprint density at radius 1 is 1.21 bits per heavy atom. The van der Waals surface area contributed by atoms with Crippen LogP contribution in [0.1, 0.15) is 28.9 Å². The lowest BCUT2D eigenvalue weighted by atomic mass is 10.1. The number of halogens is 2. The summed E-state index contributed by atoms with van der Waals surface area (Å²) in [5.74, 6) is -1.06. The van der Waals surface area contributed by atoms with Gasteiger partial charge in [-0.2, -0.15) is 0 Å². The van der Waals surface area contributed by atoms with E-state index in [1.165, 1.54) is 18.2 Å². The standard InChI is InChI=1S/C15H13ClFNO/c1-10(11-5-3-2-4-6-11)18-15(19)13-9-12(16)7-8-14(13)17/h2-10H,1H3,(H,18,19)/t10-/m0/s1. The Balaban J connectivity index is 2.15. The number of carbonyl (C=O) groups excluding carboxylic acids is 1. The van der Waals surface area contributed by atoms with E-state index < -0.39 is 11.7 Å². The van der Waals surface area contributed by atoms with Gasteiger partial charge in [-0.15, -0.1) is 0 Å². The first-order valence-electron chi connectivity index (χ1n) is 5.89. The van der Waals surface area contributed by atoms with Crippen molar-refractivity contribution in [2.75, 3.05) is 0 Å². The topological polar surface area (TPSA) is 29.1 Å². The van der Waals surface area contributed by atoms with Crippen LogP contribution >= 0.6 is 11.6 Å². The SMILES string of the molecule is C[C@H](NC(=O)c1cc(Cl)ccc1F)c1ccccc1. The smallest absolute Gasteiger partial charge is 0.254 e. The molecule has 0 saturated carbocycles. The molecule has 0 aliphatic rings. The summed E-state index contributed by atoms with van der Waals surface area (Å²) in [6.45, 7) is 1.84. The van der Waals surface area contributed by atoms with Crippen LogP contribution in [0.2, 0.25) is 5.02 Å². The predicted molar refractivity (Wildman–Crippen MR) is 73.7 cm³/mol. The van der Waals surface area contributed by atoms with Crippen LogP contribution in [0.15, 0.2) is 48.5 Å². The molecule has 1 amide bonds. The molecule has 2 aromatic carbocycles. The fourth-order valence-corrected chi connectivity index (χ4v) is 1.94. The van der Waals surface area contributed by atoms with E-state index in [1.807, 2.05) is 37.3 Å². The average Bonchev–Trinajstić information content (AvgIpc) is 2.42. The van der Waals surface area contributed by atoms with Crippen molar-refractivity contribution >= 4 is 17.5 Å². The van der Waals surface area contributed by atoms with Crippen molar-refractivity contribution in [3.8, 4) is 0 Å². The van der Waals surface area contributed by atoms with Gasteiger partial charge in [-0.1, -0.05) is 41.9 Å². The number of hydrogen-bond donors (Lipinski definition) is 1. The van der Waals surface area contributed by atoms with Crippen molar-refractivity contribution in [3.05, 3.63) is 70.5 Å². The Kier molecular flexibility index (Phi) is 4.17. The predicted octanol–water partition coefficient (Wildman–Crippen LogP) is 3.97. The summed E-state index contributed by atoms with van der Waals surface area (Å²) in [4.78, 5) is 12.0. The number of carbonyl (C=O) groups is 1. The van der Waals surface area contributed by atoms with E-state index in [0.29, 0.717) is 5.02 Å². The van der Waals surface area contributed by atoms with E-state index in [2.05, 4.69) is 5.32 Å². The molecular weight excluding hydrogens is 265 g/mol. The molecule has 1 atom stereocenters. The molecule has 0 bridgehead atoms. The van der Waals surface area contributed by atoms with Crippen LogP contribution in [0, 0.1) is 5.82 Å². The van der Waals surface area contributed by atoms with Crippen molar-refractivity contribution < 1.29 is 9.18 Å². The number of nitrogens with one attached hydrogen (secondary N) is 1. The molecule has 4 heteroatoms. The van der Waals surface area contributed by atoms with E-state index in [0.717, 1.165) is 5.56 Å². The van der Waals surface area contributed by atoms with Gasteiger partial charge in [-0.05, 0) is 30.7 Å². The first kappa shape index (κ1) is 13.6. The van der Waals surface area contributed by atoms with Crippen molar-refractivity contribution in [1.82, 2.24) is 5.32 Å². The Bertz CT molecular complexity index is 586. The van der Waals surface area contributed by atoms with E-state index in [9.17, 15) is 9.18 Å². The van der Waals surface area contributed by atoms with Crippen LogP contribution in [-0.4, -0.2) is 5.91 Å². The maximum absolute atomic E-state index is 13.6. The maximum atomic E-state index is 13.6. The number of hydrogen-bond acceptors (Lipinski definition) is 1. The van der Waals surface area contributed by atoms with Crippen molar-refractivity contribution in [3.63, 3.8) is 0 Å². The summed E-state index contributed by atoms with van der Waals surface area (Å²) in [6, 6.07) is 13.2. The second-order valence-electron chi connectivity index (χ2n) is 4.23. The molecule has 0 radical (unpaired) electrons. The normalized spacial score (nSPS) is 11.9. The second-order valence-corrected chi connectivity index (χ2v) is 4.67. The summed E-state index contributed by atoms with van der Waals surface area (Å²) in [5, 5.41) is 3.08. The van der Waals surface area contributed by atoms with Crippen molar-refractivity contribution in [2.24, 2.45) is 0 Å². The molecule has 0 aliphatic carbocycles. The summed E-state index contributed by atoms with van der Waals surface area (Å²) in [5.41, 5.74) is 0.911. The lowest BCUT2D eigenvalue weighted by molar-refractivity contribution is 0.0936. The molecule has 2 nitrogen and oxygen atoms in total. The van der Waals surface area contributed by atoms with Crippen molar-refractivity contribution in [1.29, 1.82) is 0 Å². The molecule has 19 heavy (non-hydrogen) atoms. The minimum atomic E-state index is -0.581. The monoisotopic (exact) mass is 277 g/mol. The molecule has 2 aromatic rings. The van der Waals surface area contributed by atoms with Crippen LogP contribution < -0.4 is 5.32 Å². The highest BCUT2D eigenvalue weighted by Crippen LogP contribution is 2.17. The zero-order valence-corrected chi connectivity index (χ0v) is 11.1. The highest BCUT2D eigenvalue weighted by Gasteiger charge is 2.15. The first-order chi connectivity index (χ1) is 9.08. The third kappa shape index (κ3) is 3.32. The summed E-state index contributed by atoms with van der Waals surface area (Å²) < 4.78 is 13.6.